The number of aliphatic hydroxyl groups excluding tert-OH is 1. The maximum absolute atomic E-state index is 16.5. The van der Waals surface area contributed by atoms with Crippen LogP contribution in [0.2, 0.25) is 18.1 Å². The summed E-state index contributed by atoms with van der Waals surface area (Å²) in [6.07, 6.45) is -15.3. The van der Waals surface area contributed by atoms with E-state index in [2.05, 4.69) is 10.1 Å². The summed E-state index contributed by atoms with van der Waals surface area (Å²) in [7, 11) is -2.76. The van der Waals surface area contributed by atoms with E-state index in [4.69, 9.17) is 32.8 Å². The zero-order valence-corrected chi connectivity index (χ0v) is 45.2. The molecule has 0 unspecified atom stereocenters. The van der Waals surface area contributed by atoms with Gasteiger partial charge in [-0.15, -0.1) is 13.2 Å². The molecule has 1 amide bonds. The van der Waals surface area contributed by atoms with Crippen molar-refractivity contribution in [2.75, 3.05) is 6.61 Å². The number of carbonyl (C=O) groups is 6. The molecule has 11 atom stereocenters. The molecule has 1 aromatic carbocycles. The number of alkyl halides is 3. The van der Waals surface area contributed by atoms with Gasteiger partial charge in [-0.25, -0.2) is 14.4 Å². The number of nitrogens with one attached hydrogen (secondary N) is 1. The molecule has 73 heavy (non-hydrogen) atoms. The summed E-state index contributed by atoms with van der Waals surface area (Å²) < 4.78 is 89.0. The molecular formula is C52H74F3NO16Si. The van der Waals surface area contributed by atoms with Crippen molar-refractivity contribution in [3.05, 3.63) is 41.0 Å². The van der Waals surface area contributed by atoms with Crippen LogP contribution in [0, 0.1) is 28.6 Å². The first-order valence-corrected chi connectivity index (χ1v) is 27.9. The molecule has 0 aromatic heterocycles. The van der Waals surface area contributed by atoms with Crippen molar-refractivity contribution in [3.63, 3.8) is 0 Å². The molecule has 3 N–H and O–H groups in total. The second-order valence-electron chi connectivity index (χ2n) is 22.7. The van der Waals surface area contributed by atoms with Gasteiger partial charge in [0.25, 0.3) is 0 Å². The molecule has 1 heterocycles. The molecule has 2 bridgehead atoms. The van der Waals surface area contributed by atoms with Crippen molar-refractivity contribution in [1.29, 1.82) is 0 Å². The normalized spacial score (nSPS) is 30.8. The Kier molecular flexibility index (Phi) is 16.5. The highest BCUT2D eigenvalue weighted by Gasteiger charge is 2.79. The molecule has 5 aliphatic rings. The number of carbonyl (C=O) groups excluding carboxylic acids is 6. The van der Waals surface area contributed by atoms with Gasteiger partial charge in [-0.2, -0.15) is 0 Å². The molecule has 4 aliphatic carbocycles. The summed E-state index contributed by atoms with van der Waals surface area (Å²) in [6, 6.07) is 4.61. The molecule has 6 rings (SSSR count). The van der Waals surface area contributed by atoms with Gasteiger partial charge in [-0.1, -0.05) is 54.5 Å². The topological polar surface area (TPSA) is 229 Å². The van der Waals surface area contributed by atoms with Gasteiger partial charge >= 0.3 is 36.3 Å². The molecular weight excluding hydrogens is 980 g/mol. The molecule has 3 saturated carbocycles. The first-order valence-electron chi connectivity index (χ1n) is 25.3. The summed E-state index contributed by atoms with van der Waals surface area (Å²) in [5, 5.41) is 28.4. The van der Waals surface area contributed by atoms with Gasteiger partial charge in [0.15, 0.2) is 31.9 Å². The van der Waals surface area contributed by atoms with Crippen LogP contribution >= 0.6 is 0 Å². The largest absolute Gasteiger partial charge is 0.573 e. The molecule has 0 radical (unpaired) electrons. The SMILES string of the molecule is CC[Si](CC)(CC)O[C@H]1C[C@H]2OC[C@@]2(OC(C)=O)[C@H]2[C@H](OC(=O)c3cccc(OC(F)(F)F)c3)[C@]3(O)C[C@H](OC(=O)[C@H](O)[C@H](CC(C)C)NC(=O)OC(C)(C)C)C(C)=C([C@@H](OC(=O)C4CC4)C(=O)[C@]12C)C3(C)C. The highest BCUT2D eigenvalue weighted by Crippen LogP contribution is 2.65. The van der Waals surface area contributed by atoms with Gasteiger partial charge in [-0.05, 0) is 107 Å². The quantitative estimate of drug-likeness (QED) is 0.0585. The van der Waals surface area contributed by atoms with Gasteiger partial charge in [0.1, 0.15) is 35.3 Å². The van der Waals surface area contributed by atoms with Crippen LogP contribution < -0.4 is 10.1 Å². The minimum absolute atomic E-state index is 0.0169. The van der Waals surface area contributed by atoms with Crippen LogP contribution in [0.5, 0.6) is 5.75 Å². The number of fused-ring (bicyclic) bond motifs is 5. The number of alkyl carbamates (subject to hydrolysis) is 1. The summed E-state index contributed by atoms with van der Waals surface area (Å²) in [6.45, 7) is 21.3. The van der Waals surface area contributed by atoms with Crippen LogP contribution in [0.15, 0.2) is 35.4 Å². The minimum atomic E-state index is -5.15. The molecule has 17 nitrogen and oxygen atoms in total. The van der Waals surface area contributed by atoms with E-state index in [-0.39, 0.29) is 36.5 Å². The average molecular weight is 1050 g/mol. The fourth-order valence-electron chi connectivity index (χ4n) is 11.7. The first-order chi connectivity index (χ1) is 33.7. The lowest BCUT2D eigenvalue weighted by molar-refractivity contribution is -0.344. The molecule has 1 aromatic rings. The zero-order valence-electron chi connectivity index (χ0n) is 44.2. The Hall–Kier alpha value is -4.57. The van der Waals surface area contributed by atoms with Crippen LogP contribution in [-0.2, 0) is 52.0 Å². The number of rotatable bonds is 17. The fraction of sp³-hybridized carbons (Fsp3) is 0.731. The lowest BCUT2D eigenvalue weighted by Gasteiger charge is -2.68. The fourth-order valence-corrected chi connectivity index (χ4v) is 14.6. The lowest BCUT2D eigenvalue weighted by atomic mass is 9.44. The standard InChI is InChI=1S/C52H74F3NO16Si/c1-14-73(15-2,16-3)72-35-24-36-50(26-65-36,69-29(7)57)40-42(68-44(61)31-18-17-19-32(23-31)70-52(53,54)55)51(64)25-34(66-45(62)38(58)33(22-27(4)5)56-46(63)71-47(8,9)10)28(6)37(48(51,11)12)39(41(59)49(35,40)13)67-43(60)30-20-21-30/h17-19,23,27,30,33-36,38-40,42,58,64H,14-16,20-22,24-26H2,1-13H3,(H,56,63)/t33-,34-,35-,36+,38+,39+,40-,42-,49+,50-,51+/m0/s1. The van der Waals surface area contributed by atoms with E-state index in [1.807, 2.05) is 20.8 Å². The number of esters is 4. The number of hydrogen-bond donors (Lipinski definition) is 3. The number of amides is 1. The van der Waals surface area contributed by atoms with Crippen LogP contribution in [0.3, 0.4) is 0 Å². The molecule has 1 saturated heterocycles. The van der Waals surface area contributed by atoms with Crippen LogP contribution in [0.25, 0.3) is 0 Å². The number of halogens is 3. The third-order valence-corrected chi connectivity index (χ3v) is 20.6. The highest BCUT2D eigenvalue weighted by molar-refractivity contribution is 6.73. The Morgan fingerprint density at radius 2 is 1.60 bits per heavy atom. The number of benzene rings is 1. The maximum Gasteiger partial charge on any atom is 0.573 e. The summed E-state index contributed by atoms with van der Waals surface area (Å²) >= 11 is 0. The molecule has 1 aliphatic heterocycles. The van der Waals surface area contributed by atoms with Gasteiger partial charge in [-0.3, -0.25) is 14.4 Å². The molecule has 21 heteroatoms. The summed E-state index contributed by atoms with van der Waals surface area (Å²) in [5.41, 5.74) is -9.51. The van der Waals surface area contributed by atoms with Gasteiger partial charge < -0.3 is 53.1 Å². The predicted molar refractivity (Wildman–Crippen MR) is 257 cm³/mol. The van der Waals surface area contributed by atoms with Crippen LogP contribution in [-0.4, -0.2) is 127 Å². The van der Waals surface area contributed by atoms with Gasteiger partial charge in [0, 0.05) is 25.2 Å². The molecule has 4 fully saturated rings. The van der Waals surface area contributed by atoms with E-state index >= 15 is 4.79 Å². The third kappa shape index (κ3) is 11.4. The van der Waals surface area contributed by atoms with Crippen molar-refractivity contribution in [2.24, 2.45) is 28.6 Å². The van der Waals surface area contributed by atoms with Crippen molar-refractivity contribution in [3.8, 4) is 5.75 Å². The van der Waals surface area contributed by atoms with E-state index < -0.39 is 150 Å². The number of Topliss-reactive ketones (excluding diaryl/α,β-unsaturated/α-hetero) is 1. The van der Waals surface area contributed by atoms with Crippen molar-refractivity contribution in [1.82, 2.24) is 5.32 Å². The second-order valence-corrected chi connectivity index (χ2v) is 27.4. The van der Waals surface area contributed by atoms with Crippen LogP contribution in [0.1, 0.15) is 132 Å². The smallest absolute Gasteiger partial charge is 0.456 e. The molecule has 0 spiro atoms. The number of ketones is 1. The number of aliphatic hydroxyl groups is 2. The first kappa shape index (κ1) is 57.7. The van der Waals surface area contributed by atoms with Crippen molar-refractivity contribution < 1.29 is 89.7 Å². The highest BCUT2D eigenvalue weighted by atomic mass is 28.4. The number of hydrogen-bond acceptors (Lipinski definition) is 16. The Morgan fingerprint density at radius 3 is 2.12 bits per heavy atom. The maximum atomic E-state index is 16.5. The monoisotopic (exact) mass is 1050 g/mol. The Labute approximate surface area is 426 Å². The summed E-state index contributed by atoms with van der Waals surface area (Å²) in [4.78, 5) is 86.4. The van der Waals surface area contributed by atoms with E-state index in [0.717, 1.165) is 31.2 Å². The van der Waals surface area contributed by atoms with Gasteiger partial charge in [0.2, 0.25) is 0 Å². The Morgan fingerprint density at radius 1 is 0.973 bits per heavy atom. The van der Waals surface area contributed by atoms with E-state index in [0.29, 0.717) is 31.0 Å². The van der Waals surface area contributed by atoms with E-state index in [1.165, 1.54) is 20.8 Å². The third-order valence-electron chi connectivity index (χ3n) is 15.9. The lowest BCUT2D eigenvalue weighted by Crippen LogP contribution is -2.82. The number of ether oxygens (including phenoxy) is 7. The summed E-state index contributed by atoms with van der Waals surface area (Å²) in [5.74, 6) is -8.00. The Balaban J connectivity index is 1.63. The zero-order chi connectivity index (χ0) is 54.6. The predicted octanol–water partition coefficient (Wildman–Crippen LogP) is 7.82. The van der Waals surface area contributed by atoms with E-state index in [1.54, 1.807) is 41.5 Å². The Bertz CT molecular complexity index is 2320. The van der Waals surface area contributed by atoms with Crippen molar-refractivity contribution in [2.45, 2.75) is 206 Å². The van der Waals surface area contributed by atoms with Crippen LogP contribution in [0.4, 0.5) is 18.0 Å². The van der Waals surface area contributed by atoms with E-state index in [9.17, 15) is 47.4 Å². The van der Waals surface area contributed by atoms with Gasteiger partial charge in [0.05, 0.1) is 41.6 Å². The minimum Gasteiger partial charge on any atom is -0.456 e. The van der Waals surface area contributed by atoms with Crippen molar-refractivity contribution >= 4 is 44.1 Å². The average Bonchev–Trinajstić information content (AvgIpc) is 4.13. The second kappa shape index (κ2) is 20.9. The molecule has 408 valence electrons.